The molecule has 0 aliphatic heterocycles. The third-order valence-electron chi connectivity index (χ3n) is 3.20. The molecule has 1 saturated carbocycles. The van der Waals surface area contributed by atoms with E-state index in [0.717, 1.165) is 18.2 Å². The van der Waals surface area contributed by atoms with E-state index in [-0.39, 0.29) is 6.61 Å². The molecule has 1 aliphatic rings. The van der Waals surface area contributed by atoms with Crippen molar-refractivity contribution in [2.45, 2.75) is 32.4 Å². The van der Waals surface area contributed by atoms with Crippen molar-refractivity contribution in [1.82, 2.24) is 5.32 Å². The molecule has 0 aromatic heterocycles. The summed E-state index contributed by atoms with van der Waals surface area (Å²) in [5, 5.41) is 11.9. The molecule has 3 heteroatoms. The smallest absolute Gasteiger partial charge is 0.174 e. The van der Waals surface area contributed by atoms with Gasteiger partial charge in [0.25, 0.3) is 0 Å². The van der Waals surface area contributed by atoms with Gasteiger partial charge in [-0.1, -0.05) is 19.1 Å². The van der Waals surface area contributed by atoms with Crippen molar-refractivity contribution in [2.75, 3.05) is 6.61 Å². The van der Waals surface area contributed by atoms with Gasteiger partial charge in [0.15, 0.2) is 6.61 Å². The quantitative estimate of drug-likeness (QED) is 0.845. The van der Waals surface area contributed by atoms with Gasteiger partial charge in [0, 0.05) is 12.6 Å². The first-order chi connectivity index (χ1) is 8.28. The molecule has 1 fully saturated rings. The van der Waals surface area contributed by atoms with E-state index in [0.29, 0.717) is 6.04 Å². The lowest BCUT2D eigenvalue weighted by Gasteiger charge is -2.33. The lowest BCUT2D eigenvalue weighted by Crippen LogP contribution is -2.39. The molecule has 2 rings (SSSR count). The maximum atomic E-state index is 8.40. The number of benzene rings is 1. The molecule has 0 atom stereocenters. The van der Waals surface area contributed by atoms with Crippen molar-refractivity contribution in [3.8, 4) is 11.8 Å². The highest BCUT2D eigenvalue weighted by Gasteiger charge is 2.24. The van der Waals surface area contributed by atoms with Gasteiger partial charge in [-0.05, 0) is 36.5 Å². The summed E-state index contributed by atoms with van der Waals surface area (Å²) < 4.78 is 5.20. The van der Waals surface area contributed by atoms with Crippen LogP contribution in [0.4, 0.5) is 0 Å². The minimum Gasteiger partial charge on any atom is -0.479 e. The lowest BCUT2D eigenvalue weighted by atomic mass is 9.82. The van der Waals surface area contributed by atoms with Crippen LogP contribution >= 0.6 is 0 Å². The van der Waals surface area contributed by atoms with Crippen LogP contribution in [-0.4, -0.2) is 12.6 Å². The number of ether oxygens (including phenoxy) is 1. The van der Waals surface area contributed by atoms with Crippen LogP contribution in [0.3, 0.4) is 0 Å². The Kier molecular flexibility index (Phi) is 4.00. The predicted octanol–water partition coefficient (Wildman–Crippen LogP) is 2.48. The highest BCUT2D eigenvalue weighted by molar-refractivity contribution is 5.27. The Morgan fingerprint density at radius 2 is 2.06 bits per heavy atom. The third kappa shape index (κ3) is 3.47. The van der Waals surface area contributed by atoms with Gasteiger partial charge in [0.1, 0.15) is 11.8 Å². The number of nitriles is 1. The van der Waals surface area contributed by atoms with Crippen LogP contribution in [0.2, 0.25) is 0 Å². The summed E-state index contributed by atoms with van der Waals surface area (Å²) in [6.45, 7) is 3.31. The number of hydrogen-bond donors (Lipinski definition) is 1. The van der Waals surface area contributed by atoms with E-state index in [2.05, 4.69) is 12.2 Å². The maximum absolute atomic E-state index is 8.40. The predicted molar refractivity (Wildman–Crippen MR) is 66.6 cm³/mol. The topological polar surface area (TPSA) is 45.0 Å². The fraction of sp³-hybridized carbons (Fsp3) is 0.500. The van der Waals surface area contributed by atoms with Gasteiger partial charge in [0.05, 0.1) is 0 Å². The molecule has 0 heterocycles. The molecule has 1 aliphatic carbocycles. The van der Waals surface area contributed by atoms with Gasteiger partial charge in [-0.25, -0.2) is 0 Å². The average molecular weight is 230 g/mol. The van der Waals surface area contributed by atoms with Crippen LogP contribution in [0, 0.1) is 17.2 Å². The van der Waals surface area contributed by atoms with Gasteiger partial charge in [-0.15, -0.1) is 0 Å². The number of nitrogens with one attached hydrogen (secondary N) is 1. The van der Waals surface area contributed by atoms with E-state index in [1.807, 2.05) is 30.3 Å². The fourth-order valence-electron chi connectivity index (χ4n) is 2.15. The average Bonchev–Trinajstić information content (AvgIpc) is 2.32. The summed E-state index contributed by atoms with van der Waals surface area (Å²) >= 11 is 0. The molecule has 1 aromatic rings. The van der Waals surface area contributed by atoms with Crippen molar-refractivity contribution >= 4 is 0 Å². The zero-order chi connectivity index (χ0) is 12.1. The normalized spacial score (nSPS) is 22.6. The summed E-state index contributed by atoms with van der Waals surface area (Å²) in [6, 6.07) is 10.6. The van der Waals surface area contributed by atoms with Crippen molar-refractivity contribution < 1.29 is 4.74 Å². The molecule has 1 aromatic carbocycles. The van der Waals surface area contributed by atoms with Crippen LogP contribution in [0.1, 0.15) is 25.3 Å². The summed E-state index contributed by atoms with van der Waals surface area (Å²) in [5.74, 6) is 1.64. The molecule has 0 radical (unpaired) electrons. The van der Waals surface area contributed by atoms with Crippen molar-refractivity contribution in [3.63, 3.8) is 0 Å². The summed E-state index contributed by atoms with van der Waals surface area (Å²) in [4.78, 5) is 0. The van der Waals surface area contributed by atoms with E-state index >= 15 is 0 Å². The maximum Gasteiger partial charge on any atom is 0.174 e. The summed E-state index contributed by atoms with van der Waals surface area (Å²) in [6.07, 6.45) is 2.59. The molecule has 0 spiro atoms. The van der Waals surface area contributed by atoms with E-state index in [4.69, 9.17) is 10.00 Å². The van der Waals surface area contributed by atoms with Crippen LogP contribution in [-0.2, 0) is 6.54 Å². The second-order valence-corrected chi connectivity index (χ2v) is 4.75. The zero-order valence-corrected chi connectivity index (χ0v) is 10.1. The van der Waals surface area contributed by atoms with Crippen LogP contribution < -0.4 is 10.1 Å². The minimum absolute atomic E-state index is 0.109. The molecule has 17 heavy (non-hydrogen) atoms. The van der Waals surface area contributed by atoms with E-state index in [9.17, 15) is 0 Å². The van der Waals surface area contributed by atoms with E-state index in [1.54, 1.807) is 0 Å². The third-order valence-corrected chi connectivity index (χ3v) is 3.20. The lowest BCUT2D eigenvalue weighted by molar-refractivity contribution is 0.240. The highest BCUT2D eigenvalue weighted by Crippen LogP contribution is 2.26. The Hall–Kier alpha value is -1.53. The molecular weight excluding hydrogens is 212 g/mol. The first-order valence-electron chi connectivity index (χ1n) is 6.10. The monoisotopic (exact) mass is 230 g/mol. The van der Waals surface area contributed by atoms with Crippen LogP contribution in [0.5, 0.6) is 5.75 Å². The van der Waals surface area contributed by atoms with E-state index < -0.39 is 0 Å². The standard InChI is InChI=1S/C14H18N2O/c1-11-8-13(9-11)16-10-12-2-4-14(5-3-12)17-7-6-15/h2-5,11,13,16H,7-10H2,1H3. The van der Waals surface area contributed by atoms with Gasteiger partial charge >= 0.3 is 0 Å². The summed E-state index contributed by atoms with van der Waals surface area (Å²) in [7, 11) is 0. The summed E-state index contributed by atoms with van der Waals surface area (Å²) in [5.41, 5.74) is 1.26. The minimum atomic E-state index is 0.109. The number of rotatable bonds is 5. The van der Waals surface area contributed by atoms with Crippen molar-refractivity contribution in [2.24, 2.45) is 5.92 Å². The van der Waals surface area contributed by atoms with Gasteiger partial charge in [0.2, 0.25) is 0 Å². The van der Waals surface area contributed by atoms with Crippen molar-refractivity contribution in [1.29, 1.82) is 5.26 Å². The van der Waals surface area contributed by atoms with Crippen molar-refractivity contribution in [3.05, 3.63) is 29.8 Å². The van der Waals surface area contributed by atoms with Crippen LogP contribution in [0.15, 0.2) is 24.3 Å². The molecular formula is C14H18N2O. The number of nitrogens with zero attached hydrogens (tertiary/aromatic N) is 1. The Bertz CT molecular complexity index is 388. The highest BCUT2D eigenvalue weighted by atomic mass is 16.5. The SMILES string of the molecule is CC1CC(NCc2ccc(OCC#N)cc2)C1. The molecule has 1 N–H and O–H groups in total. The largest absolute Gasteiger partial charge is 0.479 e. The number of hydrogen-bond acceptors (Lipinski definition) is 3. The Balaban J connectivity index is 1.76. The molecule has 0 amide bonds. The first-order valence-corrected chi connectivity index (χ1v) is 6.10. The van der Waals surface area contributed by atoms with E-state index in [1.165, 1.54) is 18.4 Å². The fourth-order valence-corrected chi connectivity index (χ4v) is 2.15. The van der Waals surface area contributed by atoms with Gasteiger partial charge in [-0.2, -0.15) is 5.26 Å². The first kappa shape index (κ1) is 11.9. The van der Waals surface area contributed by atoms with Gasteiger partial charge in [-0.3, -0.25) is 0 Å². The molecule has 90 valence electrons. The molecule has 0 unspecified atom stereocenters. The Labute approximate surface area is 102 Å². The molecule has 0 bridgehead atoms. The molecule has 0 saturated heterocycles. The molecule has 3 nitrogen and oxygen atoms in total. The Morgan fingerprint density at radius 3 is 2.65 bits per heavy atom. The second kappa shape index (κ2) is 5.70. The van der Waals surface area contributed by atoms with Gasteiger partial charge < -0.3 is 10.1 Å². The van der Waals surface area contributed by atoms with Crippen LogP contribution in [0.25, 0.3) is 0 Å². The Morgan fingerprint density at radius 1 is 1.35 bits per heavy atom. The zero-order valence-electron chi connectivity index (χ0n) is 10.1. The second-order valence-electron chi connectivity index (χ2n) is 4.75.